The highest BCUT2D eigenvalue weighted by molar-refractivity contribution is 7.80. The number of carbonyl (C=O) groups is 1. The highest BCUT2D eigenvalue weighted by atomic mass is 32.1. The fourth-order valence-electron chi connectivity index (χ4n) is 3.39. The topological polar surface area (TPSA) is 50.4 Å². The quantitative estimate of drug-likeness (QED) is 0.555. The van der Waals surface area contributed by atoms with Crippen LogP contribution < -0.4 is 10.6 Å². The van der Waals surface area contributed by atoms with Gasteiger partial charge in [0.1, 0.15) is 5.00 Å². The Kier molecular flexibility index (Phi) is 5.94. The number of anilines is 2. The number of carbonyl (C=O) groups excluding carboxylic acids is 1. The van der Waals surface area contributed by atoms with Crippen LogP contribution in [0, 0.1) is 13.8 Å². The number of esters is 1. The third-order valence-electron chi connectivity index (χ3n) is 4.36. The Morgan fingerprint density at radius 1 is 1.15 bits per heavy atom. The van der Waals surface area contributed by atoms with Crippen LogP contribution in [0.3, 0.4) is 0 Å². The summed E-state index contributed by atoms with van der Waals surface area (Å²) in [6.45, 7) is 6.31. The molecule has 1 heterocycles. The minimum absolute atomic E-state index is 0.261. The summed E-state index contributed by atoms with van der Waals surface area (Å²) in [5, 5.41) is 7.73. The minimum Gasteiger partial charge on any atom is -0.462 e. The van der Waals surface area contributed by atoms with E-state index in [1.165, 1.54) is 22.4 Å². The molecule has 1 aromatic carbocycles. The second-order valence-electron chi connectivity index (χ2n) is 6.59. The molecule has 1 aliphatic rings. The van der Waals surface area contributed by atoms with Crippen molar-refractivity contribution in [3.05, 3.63) is 45.3 Å². The second kappa shape index (κ2) is 8.18. The van der Waals surface area contributed by atoms with Crippen LogP contribution in [0.5, 0.6) is 0 Å². The maximum atomic E-state index is 12.5. The summed E-state index contributed by atoms with van der Waals surface area (Å²) in [5.74, 6) is -0.261. The van der Waals surface area contributed by atoms with E-state index in [-0.39, 0.29) is 5.97 Å². The molecule has 0 radical (unpaired) electrons. The standard InChI is InChI=1S/C20H24N2O2S2/c1-4-24-19(23)17-15-7-5-6-8-16(15)26-18(17)22-20(25)21-14-10-12(2)9-13(3)11-14/h9-11H,4-8H2,1-3H3,(H2,21,22,25). The number of fused-ring (bicyclic) bond motifs is 1. The molecule has 2 aromatic rings. The number of thiocarbonyl (C=S) groups is 1. The first kappa shape index (κ1) is 18.9. The maximum absolute atomic E-state index is 12.5. The first-order chi connectivity index (χ1) is 12.5. The Bertz CT molecular complexity index is 822. The largest absolute Gasteiger partial charge is 0.462 e. The number of ether oxygens (including phenoxy) is 1. The molecule has 0 fully saturated rings. The van der Waals surface area contributed by atoms with E-state index in [9.17, 15) is 4.79 Å². The van der Waals surface area contributed by atoms with Crippen molar-refractivity contribution in [3.63, 3.8) is 0 Å². The molecule has 3 rings (SSSR count). The Balaban J connectivity index is 1.83. The molecule has 0 aliphatic heterocycles. The van der Waals surface area contributed by atoms with Crippen molar-refractivity contribution in [2.24, 2.45) is 0 Å². The van der Waals surface area contributed by atoms with Gasteiger partial charge in [0.05, 0.1) is 12.2 Å². The zero-order valence-electron chi connectivity index (χ0n) is 15.4. The first-order valence-corrected chi connectivity index (χ1v) is 10.2. The van der Waals surface area contributed by atoms with Gasteiger partial charge >= 0.3 is 5.97 Å². The minimum atomic E-state index is -0.261. The van der Waals surface area contributed by atoms with Gasteiger partial charge in [-0.25, -0.2) is 4.79 Å². The number of nitrogens with one attached hydrogen (secondary N) is 2. The summed E-state index contributed by atoms with van der Waals surface area (Å²) in [6.07, 6.45) is 4.23. The maximum Gasteiger partial charge on any atom is 0.341 e. The second-order valence-corrected chi connectivity index (χ2v) is 8.10. The van der Waals surface area contributed by atoms with E-state index in [2.05, 4.69) is 30.5 Å². The third-order valence-corrected chi connectivity index (χ3v) is 5.77. The SMILES string of the molecule is CCOC(=O)c1c(NC(=S)Nc2cc(C)cc(C)c2)sc2c1CCCC2. The predicted octanol–water partition coefficient (Wildman–Crippen LogP) is 5.23. The van der Waals surface area contributed by atoms with Gasteiger partial charge in [-0.2, -0.15) is 0 Å². The van der Waals surface area contributed by atoms with E-state index in [1.54, 1.807) is 11.3 Å². The van der Waals surface area contributed by atoms with Gasteiger partial charge in [-0.15, -0.1) is 11.3 Å². The van der Waals surface area contributed by atoms with Gasteiger partial charge in [-0.05, 0) is 87.5 Å². The number of hydrogen-bond acceptors (Lipinski definition) is 4. The van der Waals surface area contributed by atoms with E-state index in [0.29, 0.717) is 17.3 Å². The Morgan fingerprint density at radius 3 is 2.54 bits per heavy atom. The molecule has 0 bridgehead atoms. The lowest BCUT2D eigenvalue weighted by Crippen LogP contribution is -2.20. The summed E-state index contributed by atoms with van der Waals surface area (Å²) in [6, 6.07) is 6.22. The first-order valence-electron chi connectivity index (χ1n) is 8.96. The molecular weight excluding hydrogens is 364 g/mol. The van der Waals surface area contributed by atoms with Gasteiger partial charge in [-0.1, -0.05) is 6.07 Å². The molecule has 0 saturated heterocycles. The monoisotopic (exact) mass is 388 g/mol. The molecule has 0 atom stereocenters. The van der Waals surface area contributed by atoms with Crippen molar-refractivity contribution in [3.8, 4) is 0 Å². The molecule has 1 aromatic heterocycles. The lowest BCUT2D eigenvalue weighted by Gasteiger charge is -2.13. The van der Waals surface area contributed by atoms with Crippen molar-refractivity contribution >= 4 is 45.3 Å². The zero-order valence-corrected chi connectivity index (χ0v) is 17.0. The third kappa shape index (κ3) is 4.24. The van der Waals surface area contributed by atoms with Crippen molar-refractivity contribution < 1.29 is 9.53 Å². The average molecular weight is 389 g/mol. The number of hydrogen-bond donors (Lipinski definition) is 2. The highest BCUT2D eigenvalue weighted by Gasteiger charge is 2.26. The van der Waals surface area contributed by atoms with Gasteiger partial charge in [-0.3, -0.25) is 0 Å². The van der Waals surface area contributed by atoms with E-state index in [0.717, 1.165) is 35.5 Å². The van der Waals surface area contributed by atoms with Crippen LogP contribution in [0.4, 0.5) is 10.7 Å². The van der Waals surface area contributed by atoms with Crippen LogP contribution in [-0.4, -0.2) is 17.7 Å². The van der Waals surface area contributed by atoms with Crippen LogP contribution in [-0.2, 0) is 17.6 Å². The summed E-state index contributed by atoms with van der Waals surface area (Å²) < 4.78 is 5.29. The van der Waals surface area contributed by atoms with Gasteiger partial charge < -0.3 is 15.4 Å². The number of benzene rings is 1. The fourth-order valence-corrected chi connectivity index (χ4v) is 4.95. The lowest BCUT2D eigenvalue weighted by molar-refractivity contribution is 0.0526. The summed E-state index contributed by atoms with van der Waals surface area (Å²) in [4.78, 5) is 13.8. The number of aryl methyl sites for hydroxylation is 3. The molecule has 6 heteroatoms. The Hall–Kier alpha value is -1.92. The van der Waals surface area contributed by atoms with E-state index < -0.39 is 0 Å². The number of rotatable bonds is 4. The summed E-state index contributed by atoms with van der Waals surface area (Å²) in [7, 11) is 0. The van der Waals surface area contributed by atoms with Crippen LogP contribution >= 0.6 is 23.6 Å². The molecule has 4 nitrogen and oxygen atoms in total. The lowest BCUT2D eigenvalue weighted by atomic mass is 9.95. The predicted molar refractivity (Wildman–Crippen MR) is 113 cm³/mol. The van der Waals surface area contributed by atoms with Crippen molar-refractivity contribution in [2.75, 3.05) is 17.2 Å². The highest BCUT2D eigenvalue weighted by Crippen LogP contribution is 2.38. The van der Waals surface area contributed by atoms with E-state index in [1.807, 2.05) is 19.1 Å². The van der Waals surface area contributed by atoms with Crippen LogP contribution in [0.15, 0.2) is 18.2 Å². The van der Waals surface area contributed by atoms with Crippen LogP contribution in [0.2, 0.25) is 0 Å². The molecule has 26 heavy (non-hydrogen) atoms. The molecule has 0 amide bonds. The molecule has 0 unspecified atom stereocenters. The Labute approximate surface area is 164 Å². The summed E-state index contributed by atoms with van der Waals surface area (Å²) in [5.41, 5.74) is 5.09. The van der Waals surface area contributed by atoms with E-state index >= 15 is 0 Å². The molecule has 138 valence electrons. The Morgan fingerprint density at radius 2 is 1.85 bits per heavy atom. The zero-order chi connectivity index (χ0) is 18.7. The van der Waals surface area contributed by atoms with Crippen molar-refractivity contribution in [1.82, 2.24) is 0 Å². The van der Waals surface area contributed by atoms with Gasteiger partial charge in [0.25, 0.3) is 0 Å². The van der Waals surface area contributed by atoms with Crippen molar-refractivity contribution in [1.29, 1.82) is 0 Å². The van der Waals surface area contributed by atoms with Gasteiger partial charge in [0.15, 0.2) is 5.11 Å². The smallest absolute Gasteiger partial charge is 0.341 e. The molecular formula is C20H24N2O2S2. The van der Waals surface area contributed by atoms with Crippen molar-refractivity contribution in [2.45, 2.75) is 46.5 Å². The normalized spacial score (nSPS) is 13.0. The van der Waals surface area contributed by atoms with Gasteiger partial charge in [0, 0.05) is 10.6 Å². The molecule has 0 saturated carbocycles. The molecule has 1 aliphatic carbocycles. The average Bonchev–Trinajstić information content (AvgIpc) is 2.91. The molecule has 0 spiro atoms. The molecule has 2 N–H and O–H groups in total. The number of thiophene rings is 1. The van der Waals surface area contributed by atoms with Gasteiger partial charge in [0.2, 0.25) is 0 Å². The van der Waals surface area contributed by atoms with E-state index in [4.69, 9.17) is 17.0 Å². The fraction of sp³-hybridized carbons (Fsp3) is 0.400. The van der Waals surface area contributed by atoms with Crippen LogP contribution in [0.25, 0.3) is 0 Å². The summed E-state index contributed by atoms with van der Waals surface area (Å²) >= 11 is 7.11. The van der Waals surface area contributed by atoms with Crippen LogP contribution in [0.1, 0.15) is 51.7 Å².